The summed E-state index contributed by atoms with van der Waals surface area (Å²) in [7, 11) is -8.17. The van der Waals surface area contributed by atoms with Crippen LogP contribution >= 0.6 is 0 Å². The predicted molar refractivity (Wildman–Crippen MR) is 259 cm³/mol. The Morgan fingerprint density at radius 3 is 1.94 bits per heavy atom. The number of hydrazine groups is 1. The average Bonchev–Trinajstić information content (AvgIpc) is 4.05. The highest BCUT2D eigenvalue weighted by Gasteiger charge is 2.26. The summed E-state index contributed by atoms with van der Waals surface area (Å²) in [5.41, 5.74) is 5.07. The molecule has 0 saturated carbocycles. The minimum atomic E-state index is -4.35. The van der Waals surface area contributed by atoms with Gasteiger partial charge in [0.05, 0.1) is 53.5 Å². The highest BCUT2D eigenvalue weighted by molar-refractivity contribution is 7.89. The van der Waals surface area contributed by atoms with Crippen LogP contribution in [-0.4, -0.2) is 136 Å². The highest BCUT2D eigenvalue weighted by Crippen LogP contribution is 2.24. The molecule has 3 heterocycles. The number of carboxylic acids is 1. The first-order chi connectivity index (χ1) is 33.8. The number of nitrogen functional groups attached to an aromatic ring is 1. The number of fused-ring (bicyclic) bond motifs is 1. The lowest BCUT2D eigenvalue weighted by atomic mass is 10.1. The van der Waals surface area contributed by atoms with Crippen LogP contribution in [0.4, 0.5) is 11.8 Å². The number of carboxylic acid groups (broad SMARTS) is 1. The zero-order valence-electron chi connectivity index (χ0n) is 38.0. The Morgan fingerprint density at radius 2 is 1.33 bits per heavy atom. The molecule has 0 aliphatic heterocycles. The summed E-state index contributed by atoms with van der Waals surface area (Å²) in [4.78, 5) is 48.2. The number of imidazole rings is 1. The van der Waals surface area contributed by atoms with E-state index < -0.39 is 44.5 Å². The number of sulfonamides is 2. The third-order valence-electron chi connectivity index (χ3n) is 10.4. The summed E-state index contributed by atoms with van der Waals surface area (Å²) in [6.45, 7) is 3.51. The molecule has 2 amide bonds. The van der Waals surface area contributed by atoms with E-state index in [4.69, 9.17) is 20.1 Å². The quantitative estimate of drug-likeness (QED) is 0.0171. The first-order valence-corrected chi connectivity index (χ1v) is 25.2. The number of ether oxygens (including phenoxy) is 3. The summed E-state index contributed by atoms with van der Waals surface area (Å²) < 4.78 is 75.4. The van der Waals surface area contributed by atoms with Crippen LogP contribution < -0.4 is 36.7 Å². The lowest BCUT2D eigenvalue weighted by molar-refractivity contribution is -0.138. The predicted octanol–water partition coefficient (Wildman–Crippen LogP) is 2.31. The molecule has 1 atom stereocenters. The number of amides is 2. The number of hydrogen-bond acceptors (Lipinski definition) is 16. The summed E-state index contributed by atoms with van der Waals surface area (Å²) in [5, 5.41) is 23.4. The van der Waals surface area contributed by atoms with E-state index in [9.17, 15) is 36.3 Å². The maximum absolute atomic E-state index is 13.3. The number of hydrogen-bond donors (Lipinski definition) is 9. The monoisotopic (exact) mass is 1000 g/mol. The van der Waals surface area contributed by atoms with Crippen molar-refractivity contribution in [3.8, 4) is 11.1 Å². The minimum Gasteiger partial charge on any atom is -0.480 e. The SMILES string of the molecule is NNc1ccc(C(=O)NCCCOCCOCCOCCCNS(=O)(=O)c2ccc(-c3ccc(S(=O)(=O)NC(CNC(=O)c4ccc5c(cnn5CCCNc5ncc[nH]5)c4)C(=O)O)cc3)cc2)cn1. The van der Waals surface area contributed by atoms with Crippen molar-refractivity contribution in [2.45, 2.75) is 41.6 Å². The molecule has 0 aliphatic carbocycles. The van der Waals surface area contributed by atoms with Crippen molar-refractivity contribution in [2.75, 3.05) is 76.6 Å². The fraction of sp³-hybridized carbons (Fsp3) is 0.333. The van der Waals surface area contributed by atoms with Crippen LogP contribution in [0.3, 0.4) is 0 Å². The average molecular weight is 1010 g/mol. The fourth-order valence-corrected chi connectivity index (χ4v) is 8.95. The van der Waals surface area contributed by atoms with Gasteiger partial charge in [-0.1, -0.05) is 24.3 Å². The molecule has 1 unspecified atom stereocenters. The lowest BCUT2D eigenvalue weighted by Crippen LogP contribution is -2.48. The molecular weight excluding hydrogens is 949 g/mol. The zero-order valence-corrected chi connectivity index (χ0v) is 39.6. The standard InChI is InChI=1S/C45H56N12O11S2/c46-55-41-15-9-35(29-51-41)43(59)47-17-2-22-66-24-26-68-27-25-67-23-3-18-54-69(62,63)37-10-4-32(5-11-37)33-6-12-38(13-7-33)70(64,65)56-39(44(60)61)31-52-42(58)34-8-14-40-36(28-34)30-53-57(40)21-1-16-48-45-49-19-20-50-45/h4-15,19-20,28-30,39,54,56H,1-3,16-18,21-27,31,46H2,(H,47,59)(H,51,55)(H,52,58)(H,60,61)(H2,48,49,50). The molecule has 3 aromatic carbocycles. The number of pyridine rings is 1. The van der Waals surface area contributed by atoms with Gasteiger partial charge in [-0.05, 0) is 85.0 Å². The summed E-state index contributed by atoms with van der Waals surface area (Å²) in [6, 6.07) is 18.1. The number of aliphatic carboxylic acids is 1. The zero-order chi connectivity index (χ0) is 49.8. The van der Waals surface area contributed by atoms with Crippen LogP contribution in [0.25, 0.3) is 22.0 Å². The maximum Gasteiger partial charge on any atom is 0.323 e. The third kappa shape index (κ3) is 15.9. The van der Waals surface area contributed by atoms with Gasteiger partial charge in [-0.2, -0.15) is 9.82 Å². The number of nitrogens with two attached hydrogens (primary N) is 1. The third-order valence-corrected chi connectivity index (χ3v) is 13.4. The molecule has 0 spiro atoms. The van der Waals surface area contributed by atoms with E-state index in [-0.39, 0.29) is 27.8 Å². The number of nitrogens with zero attached hydrogens (tertiary/aromatic N) is 4. The molecule has 23 nitrogen and oxygen atoms in total. The molecule has 0 fully saturated rings. The number of aromatic nitrogens is 5. The van der Waals surface area contributed by atoms with E-state index in [1.807, 2.05) is 4.68 Å². The molecule has 0 saturated heterocycles. The van der Waals surface area contributed by atoms with Gasteiger partial charge in [-0.25, -0.2) is 37.4 Å². The molecule has 0 radical (unpaired) electrons. The van der Waals surface area contributed by atoms with Crippen molar-refractivity contribution in [3.63, 3.8) is 0 Å². The first kappa shape index (κ1) is 52.5. The molecular formula is C45H56N12O11S2. The van der Waals surface area contributed by atoms with E-state index in [0.717, 1.165) is 11.9 Å². The van der Waals surface area contributed by atoms with Gasteiger partial charge >= 0.3 is 5.97 Å². The van der Waals surface area contributed by atoms with Gasteiger partial charge < -0.3 is 45.7 Å². The molecule has 70 heavy (non-hydrogen) atoms. The van der Waals surface area contributed by atoms with Crippen LogP contribution in [0.2, 0.25) is 0 Å². The Bertz CT molecular complexity index is 2830. The molecule has 6 rings (SSSR count). The van der Waals surface area contributed by atoms with Crippen molar-refractivity contribution in [1.29, 1.82) is 0 Å². The lowest BCUT2D eigenvalue weighted by Gasteiger charge is -2.16. The molecule has 10 N–H and O–H groups in total. The molecule has 3 aromatic heterocycles. The maximum atomic E-state index is 13.3. The summed E-state index contributed by atoms with van der Waals surface area (Å²) >= 11 is 0. The number of anilines is 2. The van der Waals surface area contributed by atoms with Crippen LogP contribution in [-0.2, 0) is 45.6 Å². The van der Waals surface area contributed by atoms with E-state index in [0.29, 0.717) is 106 Å². The largest absolute Gasteiger partial charge is 0.480 e. The first-order valence-electron chi connectivity index (χ1n) is 22.2. The van der Waals surface area contributed by atoms with E-state index in [2.05, 4.69) is 50.9 Å². The van der Waals surface area contributed by atoms with Crippen molar-refractivity contribution >= 4 is 60.5 Å². The number of carbonyl (C=O) groups is 3. The molecule has 25 heteroatoms. The molecule has 6 aromatic rings. The van der Waals surface area contributed by atoms with Gasteiger partial charge in [0.25, 0.3) is 11.8 Å². The van der Waals surface area contributed by atoms with Gasteiger partial charge in [0.2, 0.25) is 20.0 Å². The number of rotatable bonds is 31. The smallest absolute Gasteiger partial charge is 0.323 e. The highest BCUT2D eigenvalue weighted by atomic mass is 32.2. The second-order valence-corrected chi connectivity index (χ2v) is 18.9. The molecule has 0 bridgehead atoms. The molecule has 374 valence electrons. The fourth-order valence-electron chi connectivity index (χ4n) is 6.69. The van der Waals surface area contributed by atoms with Crippen LogP contribution in [0.5, 0.6) is 0 Å². The van der Waals surface area contributed by atoms with E-state index >= 15 is 0 Å². The Morgan fingerprint density at radius 1 is 0.700 bits per heavy atom. The number of benzene rings is 3. The second kappa shape index (κ2) is 26.2. The van der Waals surface area contributed by atoms with Gasteiger partial charge in [-0.15, -0.1) is 0 Å². The van der Waals surface area contributed by atoms with Gasteiger partial charge in [0, 0.05) is 75.5 Å². The number of carbonyl (C=O) groups excluding carboxylic acids is 2. The second-order valence-electron chi connectivity index (χ2n) is 15.4. The Hall–Kier alpha value is -6.84. The normalized spacial score (nSPS) is 12.1. The summed E-state index contributed by atoms with van der Waals surface area (Å²) in [6.07, 6.45) is 8.25. The number of aromatic amines is 1. The topological polar surface area (TPSA) is 325 Å². The van der Waals surface area contributed by atoms with Crippen LogP contribution in [0, 0.1) is 0 Å². The van der Waals surface area contributed by atoms with Crippen molar-refractivity contribution < 1.29 is 50.5 Å². The Balaban J connectivity index is 0.843. The number of aryl methyl sites for hydroxylation is 1. The van der Waals surface area contributed by atoms with Crippen LogP contribution in [0.1, 0.15) is 40.0 Å². The van der Waals surface area contributed by atoms with Crippen molar-refractivity contribution in [1.82, 2.24) is 44.8 Å². The van der Waals surface area contributed by atoms with E-state index in [1.54, 1.807) is 61.1 Å². The Labute approximate surface area is 404 Å². The number of nitrogens with one attached hydrogen (secondary N) is 7. The van der Waals surface area contributed by atoms with Crippen molar-refractivity contribution in [3.05, 3.63) is 115 Å². The molecule has 0 aliphatic rings. The van der Waals surface area contributed by atoms with Gasteiger partial charge in [0.1, 0.15) is 11.9 Å². The summed E-state index contributed by atoms with van der Waals surface area (Å²) in [5.74, 6) is 4.09. The van der Waals surface area contributed by atoms with E-state index in [1.165, 1.54) is 42.6 Å². The number of H-pyrrole nitrogens is 1. The van der Waals surface area contributed by atoms with Gasteiger partial charge in [-0.3, -0.25) is 19.1 Å². The van der Waals surface area contributed by atoms with Crippen LogP contribution in [0.15, 0.2) is 113 Å². The Kier molecular flexibility index (Phi) is 19.7. The van der Waals surface area contributed by atoms with Gasteiger partial charge in [0.15, 0.2) is 5.95 Å². The minimum absolute atomic E-state index is 0.0374. The van der Waals surface area contributed by atoms with Crippen molar-refractivity contribution in [2.24, 2.45) is 5.84 Å².